The molecule has 0 aliphatic carbocycles. The Labute approximate surface area is 131 Å². The van der Waals surface area contributed by atoms with Crippen molar-refractivity contribution in [3.63, 3.8) is 0 Å². The Bertz CT molecular complexity index is 664. The smallest absolute Gasteiger partial charge is 0.328 e. The van der Waals surface area contributed by atoms with Crippen molar-refractivity contribution < 1.29 is 14.3 Å². The minimum absolute atomic E-state index is 0.162. The van der Waals surface area contributed by atoms with Crippen LogP contribution in [0.5, 0.6) is 0 Å². The highest BCUT2D eigenvalue weighted by atomic mass is 35.5. The van der Waals surface area contributed by atoms with Crippen LogP contribution < -0.4 is 5.32 Å². The Morgan fingerprint density at radius 1 is 1.36 bits per heavy atom. The summed E-state index contributed by atoms with van der Waals surface area (Å²) in [6.45, 7) is 3.17. The van der Waals surface area contributed by atoms with Crippen molar-refractivity contribution in [1.29, 1.82) is 0 Å². The molecule has 0 fully saturated rings. The Hall–Kier alpha value is -2.48. The third kappa shape index (κ3) is 4.26. The van der Waals surface area contributed by atoms with Gasteiger partial charge >= 0.3 is 5.97 Å². The normalized spacial score (nSPS) is 10.3. The average molecular weight is 324 g/mol. The number of nitrogens with zero attached hydrogens (tertiary/aromatic N) is 4. The lowest BCUT2D eigenvalue weighted by molar-refractivity contribution is -0.148. The van der Waals surface area contributed by atoms with E-state index in [0.717, 1.165) is 11.1 Å². The molecule has 0 saturated heterocycles. The Balaban J connectivity index is 1.87. The van der Waals surface area contributed by atoms with E-state index in [2.05, 4.69) is 20.8 Å². The summed E-state index contributed by atoms with van der Waals surface area (Å²) < 4.78 is 6.04. The number of anilines is 1. The molecule has 0 radical (unpaired) electrons. The third-order valence-electron chi connectivity index (χ3n) is 2.74. The standard InChI is InChI=1S/C13H14ClN5O3/c1-8-3-9(2)13(10(14)4-8)16-11(20)6-22-12(21)5-19-7-15-17-18-19/h3-4,7H,5-6H2,1-2H3,(H,16,20). The molecule has 0 bridgehead atoms. The highest BCUT2D eigenvalue weighted by Crippen LogP contribution is 2.27. The van der Waals surface area contributed by atoms with Crippen molar-refractivity contribution in [3.8, 4) is 0 Å². The number of tetrazole rings is 1. The lowest BCUT2D eigenvalue weighted by Gasteiger charge is -2.11. The molecule has 9 heteroatoms. The first-order valence-corrected chi connectivity index (χ1v) is 6.76. The zero-order valence-corrected chi connectivity index (χ0v) is 12.8. The Kier molecular flexibility index (Phi) is 5.05. The lowest BCUT2D eigenvalue weighted by Crippen LogP contribution is -2.23. The van der Waals surface area contributed by atoms with Gasteiger partial charge in [0.05, 0.1) is 10.7 Å². The van der Waals surface area contributed by atoms with Crippen LogP contribution in [0.25, 0.3) is 0 Å². The van der Waals surface area contributed by atoms with Crippen molar-refractivity contribution in [1.82, 2.24) is 20.2 Å². The van der Waals surface area contributed by atoms with Gasteiger partial charge in [-0.05, 0) is 41.5 Å². The van der Waals surface area contributed by atoms with Crippen LogP contribution >= 0.6 is 11.6 Å². The number of rotatable bonds is 5. The fourth-order valence-electron chi connectivity index (χ4n) is 1.83. The summed E-state index contributed by atoms with van der Waals surface area (Å²) in [6, 6.07) is 3.64. The van der Waals surface area contributed by atoms with Crippen molar-refractivity contribution >= 4 is 29.2 Å². The van der Waals surface area contributed by atoms with Gasteiger partial charge in [0.2, 0.25) is 0 Å². The maximum atomic E-state index is 11.8. The molecule has 1 N–H and O–H groups in total. The van der Waals surface area contributed by atoms with E-state index < -0.39 is 18.5 Å². The number of aryl methyl sites for hydroxylation is 2. The fourth-order valence-corrected chi connectivity index (χ4v) is 2.19. The van der Waals surface area contributed by atoms with Crippen LogP contribution in [0.1, 0.15) is 11.1 Å². The number of esters is 1. The number of halogens is 1. The van der Waals surface area contributed by atoms with E-state index in [0.29, 0.717) is 10.7 Å². The minimum Gasteiger partial charge on any atom is -0.454 e. The van der Waals surface area contributed by atoms with E-state index in [9.17, 15) is 9.59 Å². The predicted molar refractivity (Wildman–Crippen MR) is 78.3 cm³/mol. The van der Waals surface area contributed by atoms with E-state index in [4.69, 9.17) is 16.3 Å². The van der Waals surface area contributed by atoms with Gasteiger partial charge in [0.25, 0.3) is 5.91 Å². The number of hydrogen-bond acceptors (Lipinski definition) is 6. The largest absolute Gasteiger partial charge is 0.454 e. The van der Waals surface area contributed by atoms with Gasteiger partial charge < -0.3 is 10.1 Å². The maximum Gasteiger partial charge on any atom is 0.328 e. The number of amides is 1. The number of aromatic nitrogens is 4. The van der Waals surface area contributed by atoms with Gasteiger partial charge in [-0.3, -0.25) is 9.59 Å². The highest BCUT2D eigenvalue weighted by Gasteiger charge is 2.12. The predicted octanol–water partition coefficient (Wildman–Crippen LogP) is 1.13. The molecular weight excluding hydrogens is 310 g/mol. The number of carbonyl (C=O) groups excluding carboxylic acids is 2. The zero-order chi connectivity index (χ0) is 16.1. The SMILES string of the molecule is Cc1cc(C)c(NC(=O)COC(=O)Cn2cnnn2)c(Cl)c1. The van der Waals surface area contributed by atoms with Crippen molar-refractivity contribution in [2.75, 3.05) is 11.9 Å². The second kappa shape index (κ2) is 6.99. The quantitative estimate of drug-likeness (QED) is 0.828. The van der Waals surface area contributed by atoms with E-state index in [-0.39, 0.29) is 6.54 Å². The molecular formula is C13H14ClN5O3. The molecule has 1 amide bonds. The summed E-state index contributed by atoms with van der Waals surface area (Å²) in [5.41, 5.74) is 2.33. The van der Waals surface area contributed by atoms with Gasteiger partial charge in [0.1, 0.15) is 12.9 Å². The summed E-state index contributed by atoms with van der Waals surface area (Å²) in [4.78, 5) is 23.3. The highest BCUT2D eigenvalue weighted by molar-refractivity contribution is 6.34. The van der Waals surface area contributed by atoms with Crippen LogP contribution in [0.3, 0.4) is 0 Å². The first kappa shape index (κ1) is 15.9. The topological polar surface area (TPSA) is 99.0 Å². The van der Waals surface area contributed by atoms with Gasteiger partial charge in [-0.15, -0.1) is 5.10 Å². The van der Waals surface area contributed by atoms with E-state index in [1.165, 1.54) is 11.0 Å². The van der Waals surface area contributed by atoms with Crippen LogP contribution in [0.15, 0.2) is 18.5 Å². The molecule has 116 valence electrons. The number of ether oxygens (including phenoxy) is 1. The molecule has 0 aliphatic rings. The van der Waals surface area contributed by atoms with Gasteiger partial charge in [0, 0.05) is 0 Å². The molecule has 1 aromatic carbocycles. The Morgan fingerprint density at radius 3 is 2.77 bits per heavy atom. The molecule has 0 spiro atoms. The van der Waals surface area contributed by atoms with Crippen LogP contribution in [-0.4, -0.2) is 38.7 Å². The Morgan fingerprint density at radius 2 is 2.14 bits per heavy atom. The molecule has 0 saturated carbocycles. The van der Waals surface area contributed by atoms with Crippen LogP contribution in [0.4, 0.5) is 5.69 Å². The molecule has 8 nitrogen and oxygen atoms in total. The first-order chi connectivity index (χ1) is 10.5. The molecule has 1 aromatic heterocycles. The summed E-state index contributed by atoms with van der Waals surface area (Å²) in [5.74, 6) is -1.09. The minimum atomic E-state index is -0.617. The van der Waals surface area contributed by atoms with Gasteiger partial charge in [-0.25, -0.2) is 4.68 Å². The van der Waals surface area contributed by atoms with Crippen molar-refractivity contribution in [2.45, 2.75) is 20.4 Å². The zero-order valence-electron chi connectivity index (χ0n) is 12.0. The second-order valence-electron chi connectivity index (χ2n) is 4.65. The number of carbonyl (C=O) groups is 2. The molecule has 2 rings (SSSR count). The lowest BCUT2D eigenvalue weighted by atomic mass is 10.1. The monoisotopic (exact) mass is 323 g/mol. The molecule has 0 unspecified atom stereocenters. The number of nitrogens with one attached hydrogen (secondary N) is 1. The molecule has 1 heterocycles. The molecule has 0 atom stereocenters. The molecule has 2 aromatic rings. The van der Waals surface area contributed by atoms with Gasteiger partial charge in [-0.1, -0.05) is 17.7 Å². The number of benzene rings is 1. The summed E-state index contributed by atoms with van der Waals surface area (Å²) in [6.07, 6.45) is 1.27. The average Bonchev–Trinajstić information content (AvgIpc) is 2.93. The second-order valence-corrected chi connectivity index (χ2v) is 5.06. The van der Waals surface area contributed by atoms with Gasteiger partial charge in [0.15, 0.2) is 6.61 Å². The third-order valence-corrected chi connectivity index (χ3v) is 3.04. The van der Waals surface area contributed by atoms with Crippen LogP contribution in [0.2, 0.25) is 5.02 Å². The van der Waals surface area contributed by atoms with Crippen molar-refractivity contribution in [3.05, 3.63) is 34.6 Å². The summed E-state index contributed by atoms with van der Waals surface area (Å²) in [5, 5.41) is 13.3. The number of hydrogen-bond donors (Lipinski definition) is 1. The molecule has 22 heavy (non-hydrogen) atoms. The summed E-state index contributed by atoms with van der Waals surface area (Å²) >= 11 is 6.09. The maximum absolute atomic E-state index is 11.8. The van der Waals surface area contributed by atoms with Gasteiger partial charge in [-0.2, -0.15) is 0 Å². The van der Waals surface area contributed by atoms with E-state index >= 15 is 0 Å². The molecule has 0 aliphatic heterocycles. The van der Waals surface area contributed by atoms with Crippen LogP contribution in [0, 0.1) is 13.8 Å². The first-order valence-electron chi connectivity index (χ1n) is 6.38. The van der Waals surface area contributed by atoms with Crippen LogP contribution in [-0.2, 0) is 20.9 Å². The van der Waals surface area contributed by atoms with E-state index in [1.807, 2.05) is 19.9 Å². The van der Waals surface area contributed by atoms with E-state index in [1.54, 1.807) is 6.07 Å². The summed E-state index contributed by atoms with van der Waals surface area (Å²) in [7, 11) is 0. The van der Waals surface area contributed by atoms with Crippen molar-refractivity contribution in [2.24, 2.45) is 0 Å². The fraction of sp³-hybridized carbons (Fsp3) is 0.308.